The number of halogens is 2. The number of anilines is 1. The molecule has 0 saturated carbocycles. The summed E-state index contributed by atoms with van der Waals surface area (Å²) in [6, 6.07) is 10.0. The van der Waals surface area contributed by atoms with Gasteiger partial charge in [-0.05, 0) is 29.8 Å². The van der Waals surface area contributed by atoms with Crippen LogP contribution in [-0.4, -0.2) is 24.9 Å². The van der Waals surface area contributed by atoms with Gasteiger partial charge in [-0.1, -0.05) is 28.1 Å². The lowest BCUT2D eigenvalue weighted by atomic mass is 10.2. The number of hydrogen-bond acceptors (Lipinski definition) is 4. The number of thioether (sulfide) groups is 1. The molecule has 1 heterocycles. The van der Waals surface area contributed by atoms with Gasteiger partial charge in [-0.2, -0.15) is 11.8 Å². The number of rotatable bonds is 6. The summed E-state index contributed by atoms with van der Waals surface area (Å²) < 4.78 is 25.6. The number of fused-ring (bicyclic) bond motifs is 1. The van der Waals surface area contributed by atoms with Crippen LogP contribution in [0.15, 0.2) is 40.9 Å². The fourth-order valence-corrected chi connectivity index (χ4v) is 3.92. The lowest BCUT2D eigenvalue weighted by molar-refractivity contribution is -0.115. The Morgan fingerprint density at radius 2 is 1.92 bits per heavy atom. The highest BCUT2D eigenvalue weighted by Gasteiger charge is 2.15. The Balaban J connectivity index is 1.47. The third-order valence-corrected chi connectivity index (χ3v) is 5.34. The number of carbonyl (C=O) groups excluding carboxylic acids is 1. The van der Waals surface area contributed by atoms with Crippen molar-refractivity contribution in [2.24, 2.45) is 0 Å². The highest BCUT2D eigenvalue weighted by atomic mass is 79.9. The number of nitrogens with one attached hydrogen (secondary N) is 1. The minimum Gasteiger partial charge on any atom is -0.486 e. The van der Waals surface area contributed by atoms with Gasteiger partial charge in [0.15, 0.2) is 11.5 Å². The zero-order chi connectivity index (χ0) is 17.6. The Morgan fingerprint density at radius 3 is 2.68 bits per heavy atom. The van der Waals surface area contributed by atoms with Crippen molar-refractivity contribution in [1.82, 2.24) is 0 Å². The van der Waals surface area contributed by atoms with Gasteiger partial charge in [-0.15, -0.1) is 0 Å². The van der Waals surface area contributed by atoms with E-state index in [-0.39, 0.29) is 11.6 Å². The summed E-state index contributed by atoms with van der Waals surface area (Å²) in [5, 5.41) is 2.59. The molecule has 1 N–H and O–H groups in total. The summed E-state index contributed by atoms with van der Waals surface area (Å²) in [6.45, 7) is 1.11. The fraction of sp³-hybridized carbons (Fsp3) is 0.278. The largest absolute Gasteiger partial charge is 0.486 e. The van der Waals surface area contributed by atoms with Crippen molar-refractivity contribution in [2.75, 3.05) is 24.3 Å². The van der Waals surface area contributed by atoms with E-state index < -0.39 is 5.82 Å². The summed E-state index contributed by atoms with van der Waals surface area (Å²) in [6.07, 6.45) is 0.321. The Hall–Kier alpha value is -1.73. The minimum absolute atomic E-state index is 0.196. The minimum atomic E-state index is -0.427. The predicted octanol–water partition coefficient (Wildman–Crippen LogP) is 4.62. The highest BCUT2D eigenvalue weighted by molar-refractivity contribution is 9.10. The molecule has 4 nitrogen and oxygen atoms in total. The van der Waals surface area contributed by atoms with Gasteiger partial charge in [0, 0.05) is 22.4 Å². The monoisotopic (exact) mass is 425 g/mol. The topological polar surface area (TPSA) is 47.6 Å². The van der Waals surface area contributed by atoms with Gasteiger partial charge in [-0.25, -0.2) is 4.39 Å². The molecule has 2 aromatic carbocycles. The third kappa shape index (κ3) is 4.89. The second kappa shape index (κ2) is 8.58. The molecular weight excluding hydrogens is 409 g/mol. The van der Waals surface area contributed by atoms with E-state index in [0.717, 1.165) is 27.3 Å². The molecule has 0 atom stereocenters. The normalized spacial score (nSPS) is 12.7. The van der Waals surface area contributed by atoms with E-state index in [4.69, 9.17) is 9.47 Å². The van der Waals surface area contributed by atoms with Crippen LogP contribution in [0, 0.1) is 5.82 Å². The number of benzene rings is 2. The van der Waals surface area contributed by atoms with E-state index in [1.54, 1.807) is 30.0 Å². The van der Waals surface area contributed by atoms with E-state index >= 15 is 0 Å². The van der Waals surface area contributed by atoms with Gasteiger partial charge < -0.3 is 14.8 Å². The summed E-state index contributed by atoms with van der Waals surface area (Å²) in [5.74, 6) is 2.26. The molecule has 1 amide bonds. The van der Waals surface area contributed by atoms with Gasteiger partial charge in [0.1, 0.15) is 19.0 Å². The Bertz CT molecular complexity index is 772. The van der Waals surface area contributed by atoms with E-state index in [1.165, 1.54) is 6.07 Å². The fourth-order valence-electron chi connectivity index (χ4n) is 2.34. The van der Waals surface area contributed by atoms with Gasteiger partial charge in [0.2, 0.25) is 5.91 Å². The molecule has 0 unspecified atom stereocenters. The van der Waals surface area contributed by atoms with E-state index in [0.29, 0.717) is 25.4 Å². The first kappa shape index (κ1) is 18.1. The molecule has 1 aliphatic rings. The molecule has 0 aliphatic carbocycles. The van der Waals surface area contributed by atoms with Crippen molar-refractivity contribution < 1.29 is 18.7 Å². The number of para-hydroxylation sites is 1. The van der Waals surface area contributed by atoms with E-state index in [1.807, 2.05) is 12.1 Å². The molecular formula is C18H17BrFNO3S. The molecule has 0 spiro atoms. The molecule has 1 aliphatic heterocycles. The van der Waals surface area contributed by atoms with Crippen LogP contribution in [0.25, 0.3) is 0 Å². The Morgan fingerprint density at radius 1 is 1.20 bits per heavy atom. The van der Waals surface area contributed by atoms with Crippen LogP contribution >= 0.6 is 27.7 Å². The molecule has 25 heavy (non-hydrogen) atoms. The van der Waals surface area contributed by atoms with E-state index in [9.17, 15) is 9.18 Å². The van der Waals surface area contributed by atoms with Crippen molar-refractivity contribution in [3.8, 4) is 11.5 Å². The average molecular weight is 426 g/mol. The van der Waals surface area contributed by atoms with E-state index in [2.05, 4.69) is 21.2 Å². The number of carbonyl (C=O) groups is 1. The van der Waals surface area contributed by atoms with Gasteiger partial charge >= 0.3 is 0 Å². The molecule has 2 aromatic rings. The first-order valence-electron chi connectivity index (χ1n) is 7.83. The summed E-state index contributed by atoms with van der Waals surface area (Å²) in [7, 11) is 0. The Kier molecular flexibility index (Phi) is 6.20. The first-order valence-corrected chi connectivity index (χ1v) is 9.78. The zero-order valence-electron chi connectivity index (χ0n) is 13.4. The smallest absolute Gasteiger partial charge is 0.225 e. The van der Waals surface area contributed by atoms with Crippen molar-refractivity contribution in [1.29, 1.82) is 0 Å². The summed E-state index contributed by atoms with van der Waals surface area (Å²) >= 11 is 5.17. The van der Waals surface area contributed by atoms with Crippen LogP contribution in [0.5, 0.6) is 11.5 Å². The van der Waals surface area contributed by atoms with Crippen molar-refractivity contribution >= 4 is 39.3 Å². The number of hydrogen-bond donors (Lipinski definition) is 1. The van der Waals surface area contributed by atoms with Crippen LogP contribution in [0.3, 0.4) is 0 Å². The second-order valence-corrected chi connectivity index (χ2v) is 7.38. The Labute approximate surface area is 158 Å². The maximum Gasteiger partial charge on any atom is 0.225 e. The predicted molar refractivity (Wildman–Crippen MR) is 101 cm³/mol. The standard InChI is InChI=1S/C18H17BrFNO3S/c19-13-10-17-16(23-6-7-24-17)9-12(13)11-25-8-5-18(22)21-15-4-2-1-3-14(15)20/h1-4,9-10H,5-8,11H2,(H,21,22). The van der Waals surface area contributed by atoms with Crippen LogP contribution < -0.4 is 14.8 Å². The van der Waals surface area contributed by atoms with Crippen molar-refractivity contribution in [3.63, 3.8) is 0 Å². The van der Waals surface area contributed by atoms with Crippen LogP contribution in [-0.2, 0) is 10.5 Å². The maximum atomic E-state index is 13.5. The zero-order valence-corrected chi connectivity index (χ0v) is 15.8. The van der Waals surface area contributed by atoms with Crippen LogP contribution in [0.4, 0.5) is 10.1 Å². The SMILES string of the molecule is O=C(CCSCc1cc2c(cc1Br)OCCO2)Nc1ccccc1F. The third-order valence-electron chi connectivity index (χ3n) is 3.59. The lowest BCUT2D eigenvalue weighted by Crippen LogP contribution is -2.15. The lowest BCUT2D eigenvalue weighted by Gasteiger charge is -2.19. The quantitative estimate of drug-likeness (QED) is 0.685. The molecule has 0 bridgehead atoms. The second-order valence-electron chi connectivity index (χ2n) is 5.42. The van der Waals surface area contributed by atoms with Crippen LogP contribution in [0.1, 0.15) is 12.0 Å². The first-order chi connectivity index (χ1) is 12.1. The van der Waals surface area contributed by atoms with Gasteiger partial charge in [-0.3, -0.25) is 4.79 Å². The molecule has 0 fully saturated rings. The number of amides is 1. The molecule has 0 radical (unpaired) electrons. The molecule has 7 heteroatoms. The molecule has 0 saturated heterocycles. The van der Waals surface area contributed by atoms with Gasteiger partial charge in [0.05, 0.1) is 5.69 Å². The number of ether oxygens (including phenoxy) is 2. The van der Waals surface area contributed by atoms with Crippen molar-refractivity contribution in [3.05, 3.63) is 52.3 Å². The van der Waals surface area contributed by atoms with Crippen LogP contribution in [0.2, 0.25) is 0 Å². The van der Waals surface area contributed by atoms with Crippen molar-refractivity contribution in [2.45, 2.75) is 12.2 Å². The highest BCUT2D eigenvalue weighted by Crippen LogP contribution is 2.36. The average Bonchev–Trinajstić information content (AvgIpc) is 2.61. The maximum absolute atomic E-state index is 13.5. The summed E-state index contributed by atoms with van der Waals surface area (Å²) in [4.78, 5) is 11.9. The van der Waals surface area contributed by atoms with Gasteiger partial charge in [0.25, 0.3) is 0 Å². The molecule has 132 valence electrons. The summed E-state index contributed by atoms with van der Waals surface area (Å²) in [5.41, 5.74) is 1.30. The molecule has 3 rings (SSSR count). The molecule has 0 aromatic heterocycles.